The summed E-state index contributed by atoms with van der Waals surface area (Å²) in [5.41, 5.74) is 3.69. The van der Waals surface area contributed by atoms with Gasteiger partial charge in [-0.25, -0.2) is 14.8 Å². The molecule has 8 heteroatoms. The lowest BCUT2D eigenvalue weighted by Crippen LogP contribution is -2.26. The molecule has 0 radical (unpaired) electrons. The number of anilines is 1. The number of rotatable bonds is 10. The Hall–Kier alpha value is -4.20. The van der Waals surface area contributed by atoms with Gasteiger partial charge in [-0.3, -0.25) is 4.79 Å². The van der Waals surface area contributed by atoms with Crippen molar-refractivity contribution in [1.29, 1.82) is 0 Å². The number of imidazole rings is 1. The highest BCUT2D eigenvalue weighted by atomic mass is 16.7. The summed E-state index contributed by atoms with van der Waals surface area (Å²) in [4.78, 5) is 34.5. The van der Waals surface area contributed by atoms with Crippen LogP contribution < -0.4 is 10.1 Å². The first kappa shape index (κ1) is 29.8. The molecule has 0 fully saturated rings. The van der Waals surface area contributed by atoms with E-state index in [1.54, 1.807) is 26.8 Å². The monoisotopic (exact) mass is 556 g/mol. The number of carbonyl (C=O) groups is 2. The third kappa shape index (κ3) is 7.72. The van der Waals surface area contributed by atoms with Crippen LogP contribution in [0.3, 0.4) is 0 Å². The van der Waals surface area contributed by atoms with Gasteiger partial charge in [0.1, 0.15) is 28.5 Å². The Morgan fingerprint density at radius 2 is 1.68 bits per heavy atom. The van der Waals surface area contributed by atoms with Crippen LogP contribution in [-0.2, 0) is 22.5 Å². The predicted molar refractivity (Wildman–Crippen MR) is 162 cm³/mol. The van der Waals surface area contributed by atoms with E-state index in [0.29, 0.717) is 18.1 Å². The minimum Gasteiger partial charge on any atom is -0.428 e. The average Bonchev–Trinajstić information content (AvgIpc) is 3.25. The van der Waals surface area contributed by atoms with Gasteiger partial charge in [0.15, 0.2) is 5.65 Å². The zero-order valence-electron chi connectivity index (χ0n) is 24.9. The molecule has 1 N–H and O–H groups in total. The van der Waals surface area contributed by atoms with Crippen LogP contribution in [-0.4, -0.2) is 32.2 Å². The summed E-state index contributed by atoms with van der Waals surface area (Å²) in [6.07, 6.45) is 2.82. The topological polar surface area (TPSA) is 95.3 Å². The largest absolute Gasteiger partial charge is 0.514 e. The van der Waals surface area contributed by atoms with Gasteiger partial charge >= 0.3 is 6.16 Å². The SMILES string of the molecule is CCCc1nc2ccc(NC(=O)C(C)CCC)nc2n1Cc1ccc(-c2ccccc2OC(=O)OC(C)(C)C)cc1. The van der Waals surface area contributed by atoms with Gasteiger partial charge < -0.3 is 19.4 Å². The van der Waals surface area contributed by atoms with Gasteiger partial charge in [-0.1, -0.05) is 69.7 Å². The van der Waals surface area contributed by atoms with Crippen LogP contribution in [0.15, 0.2) is 60.7 Å². The number of carbonyl (C=O) groups excluding carboxylic acids is 2. The van der Waals surface area contributed by atoms with Crippen molar-refractivity contribution >= 4 is 29.0 Å². The molecule has 41 heavy (non-hydrogen) atoms. The second-order valence-corrected chi connectivity index (χ2v) is 11.3. The zero-order valence-corrected chi connectivity index (χ0v) is 24.9. The maximum Gasteiger partial charge on any atom is 0.514 e. The minimum atomic E-state index is -0.736. The fourth-order valence-corrected chi connectivity index (χ4v) is 4.64. The van der Waals surface area contributed by atoms with Crippen LogP contribution in [0.4, 0.5) is 10.6 Å². The highest BCUT2D eigenvalue weighted by Crippen LogP contribution is 2.31. The number of pyridine rings is 1. The Balaban J connectivity index is 1.58. The van der Waals surface area contributed by atoms with Crippen LogP contribution in [0.1, 0.15) is 72.2 Å². The summed E-state index contributed by atoms with van der Waals surface area (Å²) in [5, 5.41) is 2.97. The van der Waals surface area contributed by atoms with E-state index in [-0.39, 0.29) is 11.8 Å². The third-order valence-corrected chi connectivity index (χ3v) is 6.64. The molecule has 216 valence electrons. The number of hydrogen-bond acceptors (Lipinski definition) is 6. The van der Waals surface area contributed by atoms with E-state index in [1.807, 2.05) is 49.4 Å². The van der Waals surface area contributed by atoms with Crippen molar-refractivity contribution < 1.29 is 19.1 Å². The Bertz CT molecular complexity index is 1500. The average molecular weight is 557 g/mol. The van der Waals surface area contributed by atoms with Crippen molar-refractivity contribution in [3.8, 4) is 16.9 Å². The lowest BCUT2D eigenvalue weighted by Gasteiger charge is -2.19. The standard InChI is InChI=1S/C33H40N4O4/c1-7-11-22(3)31(38)36-28-20-19-26-30(35-28)37(29(34-26)12-8-2)21-23-15-17-24(18-16-23)25-13-9-10-14-27(25)40-32(39)41-33(4,5)6/h9-10,13-20,22H,7-8,11-12,21H2,1-6H3,(H,35,36,38). The zero-order chi connectivity index (χ0) is 29.6. The minimum absolute atomic E-state index is 0.0231. The second-order valence-electron chi connectivity index (χ2n) is 11.3. The van der Waals surface area contributed by atoms with E-state index in [1.165, 1.54) is 0 Å². The number of amides is 1. The van der Waals surface area contributed by atoms with E-state index >= 15 is 0 Å². The third-order valence-electron chi connectivity index (χ3n) is 6.64. The molecule has 2 aromatic carbocycles. The lowest BCUT2D eigenvalue weighted by atomic mass is 10.0. The summed E-state index contributed by atoms with van der Waals surface area (Å²) in [6, 6.07) is 19.3. The number of nitrogens with zero attached hydrogens (tertiary/aromatic N) is 3. The molecule has 0 bridgehead atoms. The van der Waals surface area contributed by atoms with Crippen molar-refractivity contribution in [1.82, 2.24) is 14.5 Å². The molecule has 8 nitrogen and oxygen atoms in total. The van der Waals surface area contributed by atoms with Crippen LogP contribution in [0, 0.1) is 5.92 Å². The first-order valence-corrected chi connectivity index (χ1v) is 14.3. The van der Waals surface area contributed by atoms with Crippen LogP contribution in [0.5, 0.6) is 5.75 Å². The number of nitrogens with one attached hydrogen (secondary N) is 1. The number of ether oxygens (including phenoxy) is 2. The molecule has 0 aliphatic rings. The summed E-state index contributed by atoms with van der Waals surface area (Å²) in [5.74, 6) is 1.83. The number of hydrogen-bond donors (Lipinski definition) is 1. The number of para-hydroxylation sites is 1. The van der Waals surface area contributed by atoms with E-state index in [0.717, 1.165) is 59.4 Å². The molecule has 0 aliphatic carbocycles. The maximum atomic E-state index is 12.6. The van der Waals surface area contributed by atoms with Gasteiger partial charge in [-0.15, -0.1) is 0 Å². The Kier molecular flexibility index (Phi) is 9.42. The van der Waals surface area contributed by atoms with E-state index in [9.17, 15) is 9.59 Å². The highest BCUT2D eigenvalue weighted by molar-refractivity contribution is 5.92. The molecule has 1 unspecified atom stereocenters. The van der Waals surface area contributed by atoms with Gasteiger partial charge in [0.25, 0.3) is 0 Å². The molecule has 4 rings (SSSR count). The molecule has 2 heterocycles. The number of aromatic nitrogens is 3. The molecule has 1 atom stereocenters. The maximum absolute atomic E-state index is 12.6. The summed E-state index contributed by atoms with van der Waals surface area (Å²) >= 11 is 0. The lowest BCUT2D eigenvalue weighted by molar-refractivity contribution is -0.119. The van der Waals surface area contributed by atoms with E-state index < -0.39 is 11.8 Å². The first-order chi connectivity index (χ1) is 19.6. The van der Waals surface area contributed by atoms with Crippen LogP contribution >= 0.6 is 0 Å². The molecule has 0 spiro atoms. The predicted octanol–water partition coefficient (Wildman–Crippen LogP) is 7.79. The molecule has 2 aromatic heterocycles. The number of fused-ring (bicyclic) bond motifs is 1. The quantitative estimate of drug-likeness (QED) is 0.158. The van der Waals surface area contributed by atoms with Crippen molar-refractivity contribution in [2.45, 2.75) is 79.4 Å². The molecule has 0 saturated carbocycles. The Morgan fingerprint density at radius 1 is 0.951 bits per heavy atom. The summed E-state index contributed by atoms with van der Waals surface area (Å²) in [7, 11) is 0. The van der Waals surface area contributed by atoms with Crippen LogP contribution in [0.2, 0.25) is 0 Å². The molecule has 0 aliphatic heterocycles. The fourth-order valence-electron chi connectivity index (χ4n) is 4.64. The Morgan fingerprint density at radius 3 is 2.37 bits per heavy atom. The normalized spacial score (nSPS) is 12.2. The van der Waals surface area contributed by atoms with Crippen molar-refractivity contribution in [2.24, 2.45) is 5.92 Å². The summed E-state index contributed by atoms with van der Waals surface area (Å²) in [6.45, 7) is 12.1. The van der Waals surface area contributed by atoms with Gasteiger partial charge in [0, 0.05) is 17.9 Å². The molecular weight excluding hydrogens is 516 g/mol. The number of aryl methyl sites for hydroxylation is 1. The fraction of sp³-hybridized carbons (Fsp3) is 0.394. The molecule has 1 amide bonds. The highest BCUT2D eigenvalue weighted by Gasteiger charge is 2.20. The van der Waals surface area contributed by atoms with Crippen LogP contribution in [0.25, 0.3) is 22.3 Å². The van der Waals surface area contributed by atoms with Gasteiger partial charge in [-0.2, -0.15) is 0 Å². The van der Waals surface area contributed by atoms with Gasteiger partial charge in [0.05, 0.1) is 6.54 Å². The van der Waals surface area contributed by atoms with E-state index in [4.69, 9.17) is 19.4 Å². The van der Waals surface area contributed by atoms with Gasteiger partial charge in [0.2, 0.25) is 5.91 Å². The molecule has 4 aromatic rings. The second kappa shape index (κ2) is 13.0. The molecule has 0 saturated heterocycles. The van der Waals surface area contributed by atoms with Crippen molar-refractivity contribution in [2.75, 3.05) is 5.32 Å². The van der Waals surface area contributed by atoms with Gasteiger partial charge in [-0.05, 0) is 62.9 Å². The summed E-state index contributed by atoms with van der Waals surface area (Å²) < 4.78 is 13.0. The first-order valence-electron chi connectivity index (χ1n) is 14.3. The van der Waals surface area contributed by atoms with Crippen molar-refractivity contribution in [3.05, 3.63) is 72.1 Å². The Labute approximate surface area is 242 Å². The van der Waals surface area contributed by atoms with E-state index in [2.05, 4.69) is 35.9 Å². The molecular formula is C33H40N4O4. The smallest absolute Gasteiger partial charge is 0.428 e. The number of benzene rings is 2. The van der Waals surface area contributed by atoms with Crippen molar-refractivity contribution in [3.63, 3.8) is 0 Å².